The van der Waals surface area contributed by atoms with Crippen LogP contribution in [0.4, 0.5) is 0 Å². The monoisotopic (exact) mass is 283 g/mol. The molecular weight excluding hydrogens is 258 g/mol. The maximum Gasteiger partial charge on any atom is 0.0555 e. The molecule has 0 bridgehead atoms. The summed E-state index contributed by atoms with van der Waals surface area (Å²) in [7, 11) is 0. The molecule has 1 unspecified atom stereocenters. The molecule has 2 aliphatic heterocycles. The van der Waals surface area contributed by atoms with E-state index in [1.54, 1.807) is 0 Å². The van der Waals surface area contributed by atoms with Gasteiger partial charge in [0.2, 0.25) is 0 Å². The molecule has 1 aromatic carbocycles. The van der Waals surface area contributed by atoms with Crippen molar-refractivity contribution < 1.29 is 0 Å². The Morgan fingerprint density at radius 3 is 2.71 bits per heavy atom. The molecule has 1 atom stereocenters. The molecule has 2 heterocycles. The fraction of sp³-hybridized carbons (Fsp3) is 0.556. The SMILES string of the molecule is NCC#Cc1ccc(CN2CCCN3CCCC3C2)cc1. The lowest BCUT2D eigenvalue weighted by Crippen LogP contribution is -2.36. The van der Waals surface area contributed by atoms with Crippen LogP contribution < -0.4 is 5.73 Å². The van der Waals surface area contributed by atoms with Gasteiger partial charge in [-0.2, -0.15) is 0 Å². The Hall–Kier alpha value is -1.34. The highest BCUT2D eigenvalue weighted by Crippen LogP contribution is 2.22. The van der Waals surface area contributed by atoms with Gasteiger partial charge in [-0.15, -0.1) is 0 Å². The lowest BCUT2D eigenvalue weighted by atomic mass is 10.1. The van der Waals surface area contributed by atoms with Crippen LogP contribution in [0.25, 0.3) is 0 Å². The van der Waals surface area contributed by atoms with Crippen molar-refractivity contribution in [2.75, 3.05) is 32.7 Å². The highest BCUT2D eigenvalue weighted by molar-refractivity contribution is 5.36. The summed E-state index contributed by atoms with van der Waals surface area (Å²) >= 11 is 0. The molecule has 2 fully saturated rings. The number of nitrogens with two attached hydrogens (primary N) is 1. The number of fused-ring (bicyclic) bond motifs is 1. The van der Waals surface area contributed by atoms with Crippen molar-refractivity contribution in [3.05, 3.63) is 35.4 Å². The Balaban J connectivity index is 1.60. The predicted octanol–water partition coefficient (Wildman–Crippen LogP) is 1.67. The van der Waals surface area contributed by atoms with E-state index in [4.69, 9.17) is 5.73 Å². The summed E-state index contributed by atoms with van der Waals surface area (Å²) in [5.41, 5.74) is 7.85. The van der Waals surface area contributed by atoms with Gasteiger partial charge in [-0.05, 0) is 56.6 Å². The van der Waals surface area contributed by atoms with E-state index < -0.39 is 0 Å². The Morgan fingerprint density at radius 2 is 1.90 bits per heavy atom. The van der Waals surface area contributed by atoms with Gasteiger partial charge in [-0.25, -0.2) is 0 Å². The molecule has 2 aliphatic rings. The van der Waals surface area contributed by atoms with Crippen molar-refractivity contribution in [1.82, 2.24) is 9.80 Å². The second kappa shape index (κ2) is 7.09. The van der Waals surface area contributed by atoms with Gasteiger partial charge in [0.15, 0.2) is 0 Å². The van der Waals surface area contributed by atoms with E-state index in [1.807, 2.05) is 0 Å². The minimum atomic E-state index is 0.424. The fourth-order valence-corrected chi connectivity index (χ4v) is 3.53. The summed E-state index contributed by atoms with van der Waals surface area (Å²) in [6.07, 6.45) is 4.06. The van der Waals surface area contributed by atoms with Gasteiger partial charge in [0.25, 0.3) is 0 Å². The first kappa shape index (κ1) is 14.6. The van der Waals surface area contributed by atoms with Crippen LogP contribution in [-0.2, 0) is 6.54 Å². The van der Waals surface area contributed by atoms with Crippen molar-refractivity contribution >= 4 is 0 Å². The molecule has 0 aromatic heterocycles. The highest BCUT2D eigenvalue weighted by Gasteiger charge is 2.28. The van der Waals surface area contributed by atoms with Crippen LogP contribution in [0.3, 0.4) is 0 Å². The molecule has 21 heavy (non-hydrogen) atoms. The molecule has 0 saturated carbocycles. The third-order valence-electron chi connectivity index (χ3n) is 4.58. The van der Waals surface area contributed by atoms with Crippen LogP contribution in [0.15, 0.2) is 24.3 Å². The second-order valence-corrected chi connectivity index (χ2v) is 6.12. The quantitative estimate of drug-likeness (QED) is 0.838. The number of benzene rings is 1. The zero-order chi connectivity index (χ0) is 14.5. The first-order valence-corrected chi connectivity index (χ1v) is 8.09. The molecule has 0 aliphatic carbocycles. The number of rotatable bonds is 2. The largest absolute Gasteiger partial charge is 0.320 e. The lowest BCUT2D eigenvalue weighted by Gasteiger charge is -2.25. The molecule has 1 aromatic rings. The average Bonchev–Trinajstić information content (AvgIpc) is 2.85. The molecule has 3 nitrogen and oxygen atoms in total. The smallest absolute Gasteiger partial charge is 0.0555 e. The van der Waals surface area contributed by atoms with E-state index in [2.05, 4.69) is 45.9 Å². The van der Waals surface area contributed by atoms with Gasteiger partial charge in [-0.3, -0.25) is 9.80 Å². The first-order valence-electron chi connectivity index (χ1n) is 8.09. The zero-order valence-electron chi connectivity index (χ0n) is 12.7. The van der Waals surface area contributed by atoms with Crippen LogP contribution in [0, 0.1) is 11.8 Å². The average molecular weight is 283 g/mol. The van der Waals surface area contributed by atoms with E-state index >= 15 is 0 Å². The molecule has 2 N–H and O–H groups in total. The topological polar surface area (TPSA) is 32.5 Å². The van der Waals surface area contributed by atoms with E-state index in [1.165, 1.54) is 51.0 Å². The minimum absolute atomic E-state index is 0.424. The molecule has 0 spiro atoms. The van der Waals surface area contributed by atoms with Gasteiger partial charge < -0.3 is 5.73 Å². The molecule has 0 radical (unpaired) electrons. The summed E-state index contributed by atoms with van der Waals surface area (Å²) in [4.78, 5) is 5.31. The van der Waals surface area contributed by atoms with E-state index in [9.17, 15) is 0 Å². The maximum atomic E-state index is 5.40. The van der Waals surface area contributed by atoms with E-state index in [-0.39, 0.29) is 0 Å². The molecular formula is C18H25N3. The van der Waals surface area contributed by atoms with Crippen LogP contribution in [0.5, 0.6) is 0 Å². The van der Waals surface area contributed by atoms with Gasteiger partial charge >= 0.3 is 0 Å². The van der Waals surface area contributed by atoms with Gasteiger partial charge in [0.1, 0.15) is 0 Å². The summed E-state index contributed by atoms with van der Waals surface area (Å²) < 4.78 is 0. The van der Waals surface area contributed by atoms with E-state index in [0.29, 0.717) is 6.54 Å². The summed E-state index contributed by atoms with van der Waals surface area (Å²) in [6.45, 7) is 6.54. The summed E-state index contributed by atoms with van der Waals surface area (Å²) in [5.74, 6) is 5.98. The molecule has 112 valence electrons. The van der Waals surface area contributed by atoms with Crippen molar-refractivity contribution in [3.8, 4) is 11.8 Å². The molecule has 0 amide bonds. The standard InChI is InChI=1S/C18H25N3/c19-10-1-4-16-6-8-17(9-7-16)14-20-11-3-13-21-12-2-5-18(21)15-20/h6-9,18H,2-3,5,10-15,19H2. The fourth-order valence-electron chi connectivity index (χ4n) is 3.53. The number of hydrogen-bond donors (Lipinski definition) is 1. The molecule has 3 heteroatoms. The second-order valence-electron chi connectivity index (χ2n) is 6.12. The minimum Gasteiger partial charge on any atom is -0.320 e. The molecule has 3 rings (SSSR count). The lowest BCUT2D eigenvalue weighted by molar-refractivity contribution is 0.215. The molecule has 2 saturated heterocycles. The zero-order valence-corrected chi connectivity index (χ0v) is 12.7. The van der Waals surface area contributed by atoms with Gasteiger partial charge in [0.05, 0.1) is 6.54 Å². The highest BCUT2D eigenvalue weighted by atomic mass is 15.3. The van der Waals surface area contributed by atoms with Crippen LogP contribution >= 0.6 is 0 Å². The van der Waals surface area contributed by atoms with Gasteiger partial charge in [-0.1, -0.05) is 24.0 Å². The van der Waals surface area contributed by atoms with Crippen molar-refractivity contribution in [2.24, 2.45) is 5.73 Å². The Kier molecular flexibility index (Phi) is 4.92. The van der Waals surface area contributed by atoms with Crippen molar-refractivity contribution in [1.29, 1.82) is 0 Å². The number of nitrogens with zero attached hydrogens (tertiary/aromatic N) is 2. The van der Waals surface area contributed by atoms with Crippen LogP contribution in [0.1, 0.15) is 30.4 Å². The van der Waals surface area contributed by atoms with Crippen LogP contribution in [0.2, 0.25) is 0 Å². The summed E-state index contributed by atoms with van der Waals surface area (Å²) in [6, 6.07) is 9.42. The third kappa shape index (κ3) is 3.85. The van der Waals surface area contributed by atoms with Crippen molar-refractivity contribution in [2.45, 2.75) is 31.8 Å². The predicted molar refractivity (Wildman–Crippen MR) is 86.9 cm³/mol. The van der Waals surface area contributed by atoms with Crippen molar-refractivity contribution in [3.63, 3.8) is 0 Å². The Labute approximate surface area is 128 Å². The summed E-state index contributed by atoms with van der Waals surface area (Å²) in [5, 5.41) is 0. The van der Waals surface area contributed by atoms with Crippen LogP contribution in [-0.4, -0.2) is 48.6 Å². The first-order chi connectivity index (χ1) is 10.3. The third-order valence-corrected chi connectivity index (χ3v) is 4.58. The maximum absolute atomic E-state index is 5.40. The Bertz CT molecular complexity index is 512. The Morgan fingerprint density at radius 1 is 1.10 bits per heavy atom. The number of hydrogen-bond acceptors (Lipinski definition) is 3. The normalized spacial score (nSPS) is 23.2. The van der Waals surface area contributed by atoms with Gasteiger partial charge in [0, 0.05) is 24.7 Å². The van der Waals surface area contributed by atoms with E-state index in [0.717, 1.165) is 18.2 Å².